The molecule has 9 heteroatoms. The minimum atomic E-state index is -0.674. The second-order valence-corrected chi connectivity index (χ2v) is 7.10. The Balaban J connectivity index is 1.54. The van der Waals surface area contributed by atoms with Gasteiger partial charge >= 0.3 is 5.76 Å². The van der Waals surface area contributed by atoms with Crippen LogP contribution in [0.1, 0.15) is 11.4 Å². The maximum absolute atomic E-state index is 12.5. The number of thiophene rings is 1. The van der Waals surface area contributed by atoms with Crippen LogP contribution in [-0.2, 0) is 11.3 Å². The third-order valence-electron chi connectivity index (χ3n) is 4.19. The van der Waals surface area contributed by atoms with Gasteiger partial charge in [-0.05, 0) is 37.4 Å². The molecule has 0 fully saturated rings. The quantitative estimate of drug-likeness (QED) is 0.560. The Hall–Kier alpha value is -3.46. The van der Waals surface area contributed by atoms with Gasteiger partial charge in [0.2, 0.25) is 5.91 Å². The summed E-state index contributed by atoms with van der Waals surface area (Å²) >= 11 is 1.40. The van der Waals surface area contributed by atoms with Crippen LogP contribution in [0.25, 0.3) is 16.5 Å². The second-order valence-electron chi connectivity index (χ2n) is 6.15. The van der Waals surface area contributed by atoms with Gasteiger partial charge in [-0.2, -0.15) is 9.78 Å². The molecule has 0 bridgehead atoms. The Kier molecular flexibility index (Phi) is 4.66. The zero-order chi connectivity index (χ0) is 19.7. The number of para-hydroxylation sites is 1. The van der Waals surface area contributed by atoms with E-state index < -0.39 is 5.76 Å². The van der Waals surface area contributed by atoms with Crippen LogP contribution in [0.4, 0.5) is 5.69 Å². The summed E-state index contributed by atoms with van der Waals surface area (Å²) in [7, 11) is 0. The van der Waals surface area contributed by atoms with Gasteiger partial charge in [-0.1, -0.05) is 24.3 Å². The molecule has 1 N–H and O–H groups in total. The van der Waals surface area contributed by atoms with Gasteiger partial charge in [-0.3, -0.25) is 4.79 Å². The predicted octanol–water partition coefficient (Wildman–Crippen LogP) is 3.01. The van der Waals surface area contributed by atoms with Crippen molar-refractivity contribution in [2.75, 3.05) is 5.32 Å². The summed E-state index contributed by atoms with van der Waals surface area (Å²) in [6.45, 7) is 3.45. The summed E-state index contributed by atoms with van der Waals surface area (Å²) in [5.41, 5.74) is 2.99. The van der Waals surface area contributed by atoms with E-state index in [1.54, 1.807) is 10.7 Å². The summed E-state index contributed by atoms with van der Waals surface area (Å²) in [4.78, 5) is 25.2. The van der Waals surface area contributed by atoms with E-state index in [0.717, 1.165) is 20.9 Å². The van der Waals surface area contributed by atoms with E-state index >= 15 is 0 Å². The predicted molar refractivity (Wildman–Crippen MR) is 106 cm³/mol. The summed E-state index contributed by atoms with van der Waals surface area (Å²) in [5, 5.41) is 13.3. The summed E-state index contributed by atoms with van der Waals surface area (Å²) < 4.78 is 7.91. The third-order valence-corrected chi connectivity index (χ3v) is 5.05. The molecule has 0 saturated carbocycles. The van der Waals surface area contributed by atoms with Gasteiger partial charge in [-0.15, -0.1) is 16.4 Å². The van der Waals surface area contributed by atoms with Crippen molar-refractivity contribution >= 4 is 22.9 Å². The molecule has 4 rings (SSSR count). The lowest BCUT2D eigenvalue weighted by Gasteiger charge is -2.06. The molecular formula is C19H17N5O3S. The molecule has 0 aliphatic rings. The van der Waals surface area contributed by atoms with Crippen molar-refractivity contribution in [3.8, 4) is 16.5 Å². The Morgan fingerprint density at radius 2 is 1.93 bits per heavy atom. The number of anilines is 1. The molecule has 0 radical (unpaired) electrons. The zero-order valence-corrected chi connectivity index (χ0v) is 16.1. The van der Waals surface area contributed by atoms with E-state index in [9.17, 15) is 9.59 Å². The van der Waals surface area contributed by atoms with E-state index in [-0.39, 0.29) is 18.3 Å². The van der Waals surface area contributed by atoms with Crippen molar-refractivity contribution in [1.29, 1.82) is 0 Å². The molecule has 3 heterocycles. The number of aryl methyl sites for hydroxylation is 1. The minimum Gasteiger partial charge on any atom is -0.387 e. The number of carbonyl (C=O) groups excluding carboxylic acids is 1. The largest absolute Gasteiger partial charge is 0.437 e. The molecule has 142 valence electrons. The van der Waals surface area contributed by atoms with Crippen LogP contribution in [0.5, 0.6) is 0 Å². The van der Waals surface area contributed by atoms with Crippen molar-refractivity contribution in [3.05, 3.63) is 69.8 Å². The van der Waals surface area contributed by atoms with Crippen LogP contribution < -0.4 is 11.1 Å². The Bertz CT molecular complexity index is 1170. The number of hydrogen-bond acceptors (Lipinski definition) is 6. The van der Waals surface area contributed by atoms with Gasteiger partial charge in [0.05, 0.1) is 27.6 Å². The molecule has 1 amide bonds. The summed E-state index contributed by atoms with van der Waals surface area (Å²) in [5.74, 6) is -0.851. The number of hydrogen-bond donors (Lipinski definition) is 1. The van der Waals surface area contributed by atoms with Crippen LogP contribution in [0.15, 0.2) is 57.1 Å². The SMILES string of the molecule is Cc1nn(-c2ccccc2)c(C)c1NC(=O)Cn1nc(-c2cccs2)oc1=O. The number of nitrogens with one attached hydrogen (secondary N) is 1. The highest BCUT2D eigenvalue weighted by atomic mass is 32.1. The van der Waals surface area contributed by atoms with Gasteiger partial charge in [0.1, 0.15) is 6.54 Å². The average molecular weight is 395 g/mol. The molecule has 0 unspecified atom stereocenters. The summed E-state index contributed by atoms with van der Waals surface area (Å²) in [6, 6.07) is 13.3. The van der Waals surface area contributed by atoms with Crippen molar-refractivity contribution < 1.29 is 9.21 Å². The van der Waals surface area contributed by atoms with E-state index in [4.69, 9.17) is 4.42 Å². The fourth-order valence-corrected chi connectivity index (χ4v) is 3.51. The first kappa shape index (κ1) is 17.9. The number of amides is 1. The number of nitrogens with zero attached hydrogens (tertiary/aromatic N) is 4. The lowest BCUT2D eigenvalue weighted by Crippen LogP contribution is -2.26. The fourth-order valence-electron chi connectivity index (χ4n) is 2.87. The van der Waals surface area contributed by atoms with E-state index in [1.807, 2.05) is 55.6 Å². The van der Waals surface area contributed by atoms with Gasteiger partial charge in [0.25, 0.3) is 5.89 Å². The van der Waals surface area contributed by atoms with Gasteiger partial charge in [-0.25, -0.2) is 9.48 Å². The molecule has 1 aromatic carbocycles. The molecular weight excluding hydrogens is 378 g/mol. The number of carbonyl (C=O) groups is 1. The highest BCUT2D eigenvalue weighted by molar-refractivity contribution is 7.13. The highest BCUT2D eigenvalue weighted by Gasteiger charge is 2.18. The third kappa shape index (κ3) is 3.39. The van der Waals surface area contributed by atoms with Crippen LogP contribution in [0.2, 0.25) is 0 Å². The Morgan fingerprint density at radius 3 is 2.64 bits per heavy atom. The molecule has 0 spiro atoms. The number of rotatable bonds is 5. The minimum absolute atomic E-state index is 0.206. The standard InChI is InChI=1S/C19H17N5O3S/c1-12-17(13(2)24(21-12)14-7-4-3-5-8-14)20-16(25)11-23-19(26)27-18(22-23)15-9-6-10-28-15/h3-10H,11H2,1-2H3,(H,20,25). The summed E-state index contributed by atoms with van der Waals surface area (Å²) in [6.07, 6.45) is 0. The lowest BCUT2D eigenvalue weighted by molar-refractivity contribution is -0.117. The smallest absolute Gasteiger partial charge is 0.387 e. The normalized spacial score (nSPS) is 10.9. The molecule has 3 aromatic heterocycles. The van der Waals surface area contributed by atoms with Crippen LogP contribution >= 0.6 is 11.3 Å². The number of aromatic nitrogens is 4. The molecule has 0 saturated heterocycles. The van der Waals surface area contributed by atoms with Crippen LogP contribution in [0.3, 0.4) is 0 Å². The van der Waals surface area contributed by atoms with Crippen molar-refractivity contribution in [1.82, 2.24) is 19.6 Å². The maximum atomic E-state index is 12.5. The van der Waals surface area contributed by atoms with E-state index in [1.165, 1.54) is 11.3 Å². The molecule has 0 aliphatic carbocycles. The molecule has 4 aromatic rings. The first-order valence-corrected chi connectivity index (χ1v) is 9.44. The molecule has 0 atom stereocenters. The molecule has 28 heavy (non-hydrogen) atoms. The Morgan fingerprint density at radius 1 is 1.14 bits per heavy atom. The monoisotopic (exact) mass is 395 g/mol. The topological polar surface area (TPSA) is 95.0 Å². The Labute approximate surface area is 164 Å². The lowest BCUT2D eigenvalue weighted by atomic mass is 10.3. The van der Waals surface area contributed by atoms with Crippen LogP contribution in [-0.4, -0.2) is 25.5 Å². The number of benzene rings is 1. The average Bonchev–Trinajstić information content (AvgIpc) is 3.40. The van der Waals surface area contributed by atoms with E-state index in [2.05, 4.69) is 15.5 Å². The van der Waals surface area contributed by atoms with Crippen molar-refractivity contribution in [2.24, 2.45) is 0 Å². The maximum Gasteiger partial charge on any atom is 0.437 e. The highest BCUT2D eigenvalue weighted by Crippen LogP contribution is 2.23. The van der Waals surface area contributed by atoms with Crippen molar-refractivity contribution in [3.63, 3.8) is 0 Å². The second kappa shape index (κ2) is 7.28. The van der Waals surface area contributed by atoms with E-state index in [0.29, 0.717) is 11.4 Å². The van der Waals surface area contributed by atoms with Crippen molar-refractivity contribution in [2.45, 2.75) is 20.4 Å². The molecule has 0 aliphatic heterocycles. The first-order chi connectivity index (χ1) is 13.5. The van der Waals surface area contributed by atoms with Crippen LogP contribution in [0, 0.1) is 13.8 Å². The van der Waals surface area contributed by atoms with Gasteiger partial charge < -0.3 is 9.73 Å². The first-order valence-electron chi connectivity index (χ1n) is 8.56. The molecule has 8 nitrogen and oxygen atoms in total. The fraction of sp³-hybridized carbons (Fsp3) is 0.158. The zero-order valence-electron chi connectivity index (χ0n) is 15.2. The van der Waals surface area contributed by atoms with Gasteiger partial charge in [0.15, 0.2) is 0 Å². The van der Waals surface area contributed by atoms with Gasteiger partial charge in [0, 0.05) is 0 Å².